The van der Waals surface area contributed by atoms with Gasteiger partial charge in [0, 0.05) is 44.1 Å². The lowest BCUT2D eigenvalue weighted by Gasteiger charge is -2.36. The molecule has 0 aliphatic carbocycles. The molecule has 29 heavy (non-hydrogen) atoms. The van der Waals surface area contributed by atoms with Gasteiger partial charge in [0.1, 0.15) is 22.7 Å². The largest absolute Gasteiger partial charge is 0.352 e. The molecule has 1 aliphatic heterocycles. The molecule has 4 rings (SSSR count). The predicted molar refractivity (Wildman–Crippen MR) is 113 cm³/mol. The van der Waals surface area contributed by atoms with Gasteiger partial charge in [-0.3, -0.25) is 4.79 Å². The highest BCUT2D eigenvalue weighted by molar-refractivity contribution is 5.98. The molecule has 0 radical (unpaired) electrons. The average Bonchev–Trinajstić information content (AvgIpc) is 3.17. The van der Waals surface area contributed by atoms with Gasteiger partial charge in [0.2, 0.25) is 5.91 Å². The maximum absolute atomic E-state index is 12.3. The second-order valence-corrected chi connectivity index (χ2v) is 7.76. The zero-order valence-corrected chi connectivity index (χ0v) is 17.3. The SMILES string of the molecule is CCCc1nc(N2CCN(C(=O)C(C)C)CC2)c2c(-c3ccccc3)noc2n1. The molecule has 0 atom stereocenters. The number of rotatable bonds is 5. The van der Waals surface area contributed by atoms with E-state index in [1.807, 2.05) is 49.1 Å². The van der Waals surface area contributed by atoms with Crippen LogP contribution in [0.5, 0.6) is 0 Å². The minimum absolute atomic E-state index is 0.0196. The van der Waals surface area contributed by atoms with Crippen molar-refractivity contribution in [2.75, 3.05) is 31.1 Å². The molecule has 0 unspecified atom stereocenters. The summed E-state index contributed by atoms with van der Waals surface area (Å²) in [6, 6.07) is 9.98. The number of nitrogens with zero attached hydrogens (tertiary/aromatic N) is 5. The molecule has 1 saturated heterocycles. The number of anilines is 1. The van der Waals surface area contributed by atoms with Crippen LogP contribution in [0.15, 0.2) is 34.9 Å². The summed E-state index contributed by atoms with van der Waals surface area (Å²) in [7, 11) is 0. The van der Waals surface area contributed by atoms with E-state index >= 15 is 0 Å². The first kappa shape index (κ1) is 19.4. The van der Waals surface area contributed by atoms with Crippen LogP contribution in [0.4, 0.5) is 5.82 Å². The highest BCUT2D eigenvalue weighted by Gasteiger charge is 2.27. The zero-order valence-electron chi connectivity index (χ0n) is 17.3. The van der Waals surface area contributed by atoms with Gasteiger partial charge in [-0.05, 0) is 6.42 Å². The molecule has 3 aromatic rings. The standard InChI is InChI=1S/C22H27N5O2/c1-4-8-17-23-20(26-11-13-27(14-12-26)22(28)15(2)3)18-19(25-29-21(18)24-17)16-9-6-5-7-10-16/h5-7,9-10,15H,4,8,11-14H2,1-3H3. The van der Waals surface area contributed by atoms with E-state index < -0.39 is 0 Å². The highest BCUT2D eigenvalue weighted by Crippen LogP contribution is 2.34. The first-order chi connectivity index (χ1) is 14.1. The Hall–Kier alpha value is -2.96. The van der Waals surface area contributed by atoms with Crippen molar-refractivity contribution in [1.82, 2.24) is 20.0 Å². The number of piperazine rings is 1. The fourth-order valence-electron chi connectivity index (χ4n) is 3.74. The summed E-state index contributed by atoms with van der Waals surface area (Å²) in [5.74, 6) is 1.85. The molecule has 0 saturated carbocycles. The van der Waals surface area contributed by atoms with Crippen LogP contribution >= 0.6 is 0 Å². The quantitative estimate of drug-likeness (QED) is 0.660. The number of aryl methyl sites for hydroxylation is 1. The van der Waals surface area contributed by atoms with Crippen LogP contribution in [0.3, 0.4) is 0 Å². The van der Waals surface area contributed by atoms with Gasteiger partial charge >= 0.3 is 0 Å². The summed E-state index contributed by atoms with van der Waals surface area (Å²) in [6.07, 6.45) is 1.75. The minimum atomic E-state index is 0.0196. The van der Waals surface area contributed by atoms with Gasteiger partial charge < -0.3 is 14.3 Å². The van der Waals surface area contributed by atoms with Crippen molar-refractivity contribution in [2.24, 2.45) is 5.92 Å². The van der Waals surface area contributed by atoms with Crippen LogP contribution in [0, 0.1) is 5.92 Å². The van der Waals surface area contributed by atoms with Crippen LogP contribution < -0.4 is 4.90 Å². The minimum Gasteiger partial charge on any atom is -0.352 e. The lowest BCUT2D eigenvalue weighted by Crippen LogP contribution is -2.50. The van der Waals surface area contributed by atoms with Gasteiger partial charge in [-0.2, -0.15) is 4.98 Å². The van der Waals surface area contributed by atoms with E-state index in [9.17, 15) is 4.79 Å². The van der Waals surface area contributed by atoms with Crippen molar-refractivity contribution < 1.29 is 9.32 Å². The topological polar surface area (TPSA) is 75.4 Å². The molecular weight excluding hydrogens is 366 g/mol. The molecule has 1 aliphatic rings. The van der Waals surface area contributed by atoms with Crippen LogP contribution in [0.25, 0.3) is 22.4 Å². The molecular formula is C22H27N5O2. The molecule has 3 heterocycles. The van der Waals surface area contributed by atoms with Gasteiger partial charge in [0.25, 0.3) is 5.71 Å². The molecule has 1 aromatic carbocycles. The second kappa shape index (κ2) is 8.19. The summed E-state index contributed by atoms with van der Waals surface area (Å²) >= 11 is 0. The molecule has 7 heteroatoms. The van der Waals surface area contributed by atoms with Crippen LogP contribution in [-0.4, -0.2) is 52.1 Å². The monoisotopic (exact) mass is 393 g/mol. The van der Waals surface area contributed by atoms with Gasteiger partial charge in [-0.25, -0.2) is 4.98 Å². The summed E-state index contributed by atoms with van der Waals surface area (Å²) in [5, 5.41) is 5.17. The molecule has 1 amide bonds. The molecule has 0 bridgehead atoms. The number of hydrogen-bond donors (Lipinski definition) is 0. The molecule has 7 nitrogen and oxygen atoms in total. The first-order valence-corrected chi connectivity index (χ1v) is 10.3. The maximum Gasteiger partial charge on any atom is 0.263 e. The van der Waals surface area contributed by atoms with Crippen LogP contribution in [0.1, 0.15) is 33.0 Å². The van der Waals surface area contributed by atoms with E-state index in [4.69, 9.17) is 9.51 Å². The van der Waals surface area contributed by atoms with Gasteiger partial charge in [0.05, 0.1) is 0 Å². The van der Waals surface area contributed by atoms with E-state index in [0.717, 1.165) is 54.2 Å². The smallest absolute Gasteiger partial charge is 0.263 e. The third-order valence-electron chi connectivity index (χ3n) is 5.27. The Morgan fingerprint density at radius 1 is 1.10 bits per heavy atom. The average molecular weight is 393 g/mol. The van der Waals surface area contributed by atoms with E-state index in [1.165, 1.54) is 0 Å². The van der Waals surface area contributed by atoms with E-state index in [0.29, 0.717) is 18.8 Å². The van der Waals surface area contributed by atoms with Gasteiger partial charge in [-0.15, -0.1) is 0 Å². The van der Waals surface area contributed by atoms with Gasteiger partial charge in [0.15, 0.2) is 0 Å². The Balaban J connectivity index is 1.72. The first-order valence-electron chi connectivity index (χ1n) is 10.3. The maximum atomic E-state index is 12.3. The predicted octanol–water partition coefficient (Wildman–Crippen LogP) is 3.54. The van der Waals surface area contributed by atoms with Crippen LogP contribution in [0.2, 0.25) is 0 Å². The third kappa shape index (κ3) is 3.81. The normalized spacial score (nSPS) is 14.8. The van der Waals surface area contributed by atoms with Crippen molar-refractivity contribution in [3.63, 3.8) is 0 Å². The van der Waals surface area contributed by atoms with Gasteiger partial charge in [-0.1, -0.05) is 56.3 Å². The van der Waals surface area contributed by atoms with Crippen molar-refractivity contribution >= 4 is 22.8 Å². The number of carbonyl (C=O) groups excluding carboxylic acids is 1. The highest BCUT2D eigenvalue weighted by atomic mass is 16.5. The van der Waals surface area contributed by atoms with Crippen molar-refractivity contribution in [3.8, 4) is 11.3 Å². The molecule has 1 fully saturated rings. The molecule has 2 aromatic heterocycles. The molecule has 0 spiro atoms. The Morgan fingerprint density at radius 3 is 2.48 bits per heavy atom. The van der Waals surface area contributed by atoms with Crippen molar-refractivity contribution in [2.45, 2.75) is 33.6 Å². The summed E-state index contributed by atoms with van der Waals surface area (Å²) in [6.45, 7) is 8.85. The number of benzene rings is 1. The number of fused-ring (bicyclic) bond motifs is 1. The summed E-state index contributed by atoms with van der Waals surface area (Å²) < 4.78 is 5.62. The summed E-state index contributed by atoms with van der Waals surface area (Å²) in [5.41, 5.74) is 2.27. The fourth-order valence-corrected chi connectivity index (χ4v) is 3.74. The Labute approximate surface area is 170 Å². The Morgan fingerprint density at radius 2 is 1.83 bits per heavy atom. The zero-order chi connectivity index (χ0) is 20.4. The second-order valence-electron chi connectivity index (χ2n) is 7.76. The Kier molecular flexibility index (Phi) is 5.47. The van der Waals surface area contributed by atoms with E-state index in [-0.39, 0.29) is 11.8 Å². The number of carbonyl (C=O) groups is 1. The fraction of sp³-hybridized carbons (Fsp3) is 0.455. The number of aromatic nitrogens is 3. The molecule has 0 N–H and O–H groups in total. The van der Waals surface area contributed by atoms with Crippen molar-refractivity contribution in [1.29, 1.82) is 0 Å². The lowest BCUT2D eigenvalue weighted by molar-refractivity contribution is -0.134. The van der Waals surface area contributed by atoms with E-state index in [1.54, 1.807) is 0 Å². The lowest BCUT2D eigenvalue weighted by atomic mass is 10.1. The number of hydrogen-bond acceptors (Lipinski definition) is 6. The Bertz CT molecular complexity index is 991. The number of amides is 1. The summed E-state index contributed by atoms with van der Waals surface area (Å²) in [4.78, 5) is 26.0. The van der Waals surface area contributed by atoms with Crippen LogP contribution in [-0.2, 0) is 11.2 Å². The van der Waals surface area contributed by atoms with E-state index in [2.05, 4.69) is 22.0 Å². The van der Waals surface area contributed by atoms with Crippen molar-refractivity contribution in [3.05, 3.63) is 36.2 Å². The molecule has 152 valence electrons. The third-order valence-corrected chi connectivity index (χ3v) is 5.27.